The smallest absolute Gasteiger partial charge is 0.137 e. The molecule has 5 heteroatoms. The summed E-state index contributed by atoms with van der Waals surface area (Å²) in [7, 11) is 1.49. The second-order valence-corrected chi connectivity index (χ2v) is 3.80. The maximum absolute atomic E-state index is 9.75. The third-order valence-corrected chi connectivity index (χ3v) is 2.86. The van der Waals surface area contributed by atoms with Crippen molar-refractivity contribution < 1.29 is 14.9 Å². The second kappa shape index (κ2) is 5.61. The summed E-state index contributed by atoms with van der Waals surface area (Å²) < 4.78 is 5.01. The molecule has 2 atom stereocenters. The van der Waals surface area contributed by atoms with Crippen LogP contribution in [-0.4, -0.2) is 29.2 Å². The van der Waals surface area contributed by atoms with Gasteiger partial charge in [0.2, 0.25) is 0 Å². The highest BCUT2D eigenvalue weighted by Crippen LogP contribution is 2.33. The van der Waals surface area contributed by atoms with Crippen LogP contribution in [0.25, 0.3) is 0 Å². The van der Waals surface area contributed by atoms with E-state index in [1.54, 1.807) is 18.2 Å². The van der Waals surface area contributed by atoms with Crippen molar-refractivity contribution in [2.45, 2.75) is 12.2 Å². The van der Waals surface area contributed by atoms with Gasteiger partial charge in [-0.3, -0.25) is 0 Å². The minimum atomic E-state index is -1.05. The van der Waals surface area contributed by atoms with Gasteiger partial charge in [-0.25, -0.2) is 0 Å². The van der Waals surface area contributed by atoms with Crippen LogP contribution in [0, 0.1) is 0 Å². The molecule has 0 amide bonds. The highest BCUT2D eigenvalue weighted by atomic mass is 35.5. The number of aliphatic hydroxyl groups is 2. The average molecular weight is 249 g/mol. The van der Waals surface area contributed by atoms with Gasteiger partial charge in [-0.05, 0) is 6.07 Å². The lowest BCUT2D eigenvalue weighted by atomic mass is 10.1. The van der Waals surface area contributed by atoms with E-state index in [0.717, 1.165) is 0 Å². The van der Waals surface area contributed by atoms with E-state index in [2.05, 4.69) is 12.6 Å². The Kier molecular flexibility index (Phi) is 4.73. The van der Waals surface area contributed by atoms with Crippen molar-refractivity contribution >= 4 is 24.2 Å². The first-order chi connectivity index (χ1) is 7.11. The predicted octanol–water partition coefficient (Wildman–Crippen LogP) is 1.67. The monoisotopic (exact) mass is 248 g/mol. The van der Waals surface area contributed by atoms with Gasteiger partial charge in [0.25, 0.3) is 0 Å². The molecule has 0 saturated heterocycles. The van der Waals surface area contributed by atoms with E-state index in [9.17, 15) is 10.2 Å². The molecular weight excluding hydrogens is 236 g/mol. The number of hydrogen-bond acceptors (Lipinski definition) is 4. The van der Waals surface area contributed by atoms with Gasteiger partial charge >= 0.3 is 0 Å². The third kappa shape index (κ3) is 2.78. The Morgan fingerprint density at radius 1 is 1.47 bits per heavy atom. The van der Waals surface area contributed by atoms with Crippen LogP contribution in [0.1, 0.15) is 11.7 Å². The lowest BCUT2D eigenvalue weighted by Crippen LogP contribution is -2.20. The number of ether oxygens (including phenoxy) is 1. The molecule has 84 valence electrons. The van der Waals surface area contributed by atoms with Crippen LogP contribution >= 0.6 is 24.2 Å². The van der Waals surface area contributed by atoms with E-state index in [4.69, 9.17) is 16.3 Å². The Morgan fingerprint density at radius 3 is 2.67 bits per heavy atom. The molecule has 1 aromatic carbocycles. The Balaban J connectivity index is 3.03. The fourth-order valence-corrected chi connectivity index (χ4v) is 1.74. The first-order valence-electron chi connectivity index (χ1n) is 4.41. The van der Waals surface area contributed by atoms with E-state index >= 15 is 0 Å². The first-order valence-corrected chi connectivity index (χ1v) is 5.42. The minimum absolute atomic E-state index is 0.161. The first kappa shape index (κ1) is 12.6. The van der Waals surface area contributed by atoms with Crippen molar-refractivity contribution in [2.75, 3.05) is 12.9 Å². The third-order valence-electron chi connectivity index (χ3n) is 2.08. The minimum Gasteiger partial charge on any atom is -0.495 e. The van der Waals surface area contributed by atoms with E-state index < -0.39 is 12.2 Å². The fourth-order valence-electron chi connectivity index (χ4n) is 1.22. The molecule has 15 heavy (non-hydrogen) atoms. The Labute approximate surface area is 99.1 Å². The standard InChI is InChI=1S/C10H13ClO3S/c1-14-8-4-2-3-6(9(8)11)10(13)7(12)5-15/h2-4,7,10,12-13,15H,5H2,1H3. The van der Waals surface area contributed by atoms with E-state index in [1.165, 1.54) is 7.11 Å². The molecule has 0 aliphatic carbocycles. The Bertz CT molecular complexity index is 332. The summed E-state index contributed by atoms with van der Waals surface area (Å²) in [5, 5.41) is 19.5. The van der Waals surface area contributed by atoms with Gasteiger partial charge in [0, 0.05) is 11.3 Å². The highest BCUT2D eigenvalue weighted by Gasteiger charge is 2.20. The molecule has 1 aromatic rings. The molecule has 0 radical (unpaired) electrons. The van der Waals surface area contributed by atoms with Crippen LogP contribution in [-0.2, 0) is 0 Å². The molecule has 0 aromatic heterocycles. The molecule has 0 saturated carbocycles. The largest absolute Gasteiger partial charge is 0.495 e. The van der Waals surface area contributed by atoms with Crippen LogP contribution in [0.15, 0.2) is 18.2 Å². The molecule has 2 unspecified atom stereocenters. The topological polar surface area (TPSA) is 49.7 Å². The molecular formula is C10H13ClO3S. The number of methoxy groups -OCH3 is 1. The fraction of sp³-hybridized carbons (Fsp3) is 0.400. The number of rotatable bonds is 4. The van der Waals surface area contributed by atoms with Gasteiger partial charge in [0.1, 0.15) is 11.9 Å². The summed E-state index contributed by atoms with van der Waals surface area (Å²) in [6, 6.07) is 5.03. The second-order valence-electron chi connectivity index (χ2n) is 3.06. The van der Waals surface area contributed by atoms with Crippen molar-refractivity contribution in [1.29, 1.82) is 0 Å². The van der Waals surface area contributed by atoms with Crippen LogP contribution in [0.3, 0.4) is 0 Å². The Morgan fingerprint density at radius 2 is 2.13 bits per heavy atom. The summed E-state index contributed by atoms with van der Waals surface area (Å²) in [6.07, 6.45) is -2.00. The van der Waals surface area contributed by atoms with Crippen LogP contribution in [0.2, 0.25) is 5.02 Å². The summed E-state index contributed by atoms with van der Waals surface area (Å²) in [4.78, 5) is 0. The van der Waals surface area contributed by atoms with Crippen molar-refractivity contribution in [3.8, 4) is 5.75 Å². The van der Waals surface area contributed by atoms with Gasteiger partial charge in [-0.2, -0.15) is 12.6 Å². The van der Waals surface area contributed by atoms with Crippen molar-refractivity contribution in [2.24, 2.45) is 0 Å². The molecule has 0 heterocycles. The van der Waals surface area contributed by atoms with Crippen molar-refractivity contribution in [1.82, 2.24) is 0 Å². The van der Waals surface area contributed by atoms with Gasteiger partial charge in [0.05, 0.1) is 18.2 Å². The maximum atomic E-state index is 9.75. The summed E-state index contributed by atoms with van der Waals surface area (Å²) in [6.45, 7) is 0. The number of hydrogen-bond donors (Lipinski definition) is 3. The van der Waals surface area contributed by atoms with Gasteiger partial charge in [-0.1, -0.05) is 23.7 Å². The van der Waals surface area contributed by atoms with E-state index in [0.29, 0.717) is 16.3 Å². The van der Waals surface area contributed by atoms with Crippen LogP contribution in [0.5, 0.6) is 5.75 Å². The van der Waals surface area contributed by atoms with E-state index in [1.807, 2.05) is 0 Å². The molecule has 0 bridgehead atoms. The van der Waals surface area contributed by atoms with E-state index in [-0.39, 0.29) is 5.75 Å². The van der Waals surface area contributed by atoms with Crippen LogP contribution < -0.4 is 4.74 Å². The van der Waals surface area contributed by atoms with Gasteiger partial charge in [-0.15, -0.1) is 0 Å². The quantitative estimate of drug-likeness (QED) is 0.711. The SMILES string of the molecule is COc1cccc(C(O)C(O)CS)c1Cl. The molecule has 0 aliphatic heterocycles. The van der Waals surface area contributed by atoms with Gasteiger partial charge in [0.15, 0.2) is 0 Å². The number of thiol groups is 1. The van der Waals surface area contributed by atoms with Crippen molar-refractivity contribution in [3.63, 3.8) is 0 Å². The summed E-state index contributed by atoms with van der Waals surface area (Å²) in [5.74, 6) is 0.633. The zero-order valence-corrected chi connectivity index (χ0v) is 9.87. The number of benzene rings is 1. The maximum Gasteiger partial charge on any atom is 0.137 e. The molecule has 1 rings (SSSR count). The molecule has 0 spiro atoms. The molecule has 3 nitrogen and oxygen atoms in total. The Hall–Kier alpha value is -0.420. The molecule has 0 fully saturated rings. The van der Waals surface area contributed by atoms with Crippen LogP contribution in [0.4, 0.5) is 0 Å². The highest BCUT2D eigenvalue weighted by molar-refractivity contribution is 7.80. The summed E-state index contributed by atoms with van der Waals surface area (Å²) >= 11 is 9.89. The normalized spacial score (nSPS) is 14.7. The van der Waals surface area contributed by atoms with Crippen molar-refractivity contribution in [3.05, 3.63) is 28.8 Å². The number of aliphatic hydroxyl groups excluding tert-OH is 2. The molecule has 2 N–H and O–H groups in total. The number of halogens is 1. The zero-order valence-electron chi connectivity index (χ0n) is 8.22. The lowest BCUT2D eigenvalue weighted by Gasteiger charge is -2.18. The zero-order chi connectivity index (χ0) is 11.4. The average Bonchev–Trinajstić information content (AvgIpc) is 2.27. The molecule has 0 aliphatic rings. The lowest BCUT2D eigenvalue weighted by molar-refractivity contribution is 0.0337. The predicted molar refractivity (Wildman–Crippen MR) is 62.8 cm³/mol. The summed E-state index contributed by atoms with van der Waals surface area (Å²) in [5.41, 5.74) is 0.442. The van der Waals surface area contributed by atoms with Gasteiger partial charge < -0.3 is 14.9 Å².